The monoisotopic (exact) mass is 403 g/mol. The maximum atomic E-state index is 13.2. The zero-order chi connectivity index (χ0) is 21.2. The van der Waals surface area contributed by atoms with Gasteiger partial charge >= 0.3 is 0 Å². The molecule has 0 bridgehead atoms. The number of piperidine rings is 1. The predicted octanol–water partition coefficient (Wildman–Crippen LogP) is 0.651. The average Bonchev–Trinajstić information content (AvgIpc) is 3.06. The summed E-state index contributed by atoms with van der Waals surface area (Å²) < 4.78 is 11.0. The molecule has 0 aliphatic carbocycles. The van der Waals surface area contributed by atoms with Crippen LogP contribution in [0.4, 0.5) is 0 Å². The summed E-state index contributed by atoms with van der Waals surface area (Å²) in [6, 6.07) is 5.33. The normalized spacial score (nSPS) is 20.9. The molecule has 2 fully saturated rings. The standard InChI is InChI=1S/C21H28N2O6/c1-14(2)12-18(24)22-10-8-21(9-11-22)23(17(13-29-21)20(26)27)19(25)15-4-6-16(28-3)7-5-15/h4-7,14,17H,8-13H2,1-3H3,(H,26,27)/p-1/t17-/m1/s1. The van der Waals surface area contributed by atoms with Crippen LogP contribution in [0.15, 0.2) is 24.3 Å². The lowest BCUT2D eigenvalue weighted by Crippen LogP contribution is -2.60. The first-order chi connectivity index (χ1) is 13.8. The minimum Gasteiger partial charge on any atom is -0.548 e. The Morgan fingerprint density at radius 1 is 1.21 bits per heavy atom. The molecule has 0 saturated carbocycles. The molecule has 8 heteroatoms. The number of aliphatic carboxylic acids is 1. The van der Waals surface area contributed by atoms with E-state index in [1.807, 2.05) is 13.8 Å². The lowest BCUT2D eigenvalue weighted by atomic mass is 9.96. The van der Waals surface area contributed by atoms with Crippen molar-refractivity contribution in [3.05, 3.63) is 29.8 Å². The van der Waals surface area contributed by atoms with Crippen molar-refractivity contribution in [1.29, 1.82) is 0 Å². The zero-order valence-electron chi connectivity index (χ0n) is 17.1. The fourth-order valence-corrected chi connectivity index (χ4v) is 4.00. The van der Waals surface area contributed by atoms with Crippen LogP contribution in [0.5, 0.6) is 5.75 Å². The summed E-state index contributed by atoms with van der Waals surface area (Å²) in [4.78, 5) is 40.4. The number of hydrogen-bond donors (Lipinski definition) is 0. The first kappa shape index (κ1) is 21.1. The van der Waals surface area contributed by atoms with Gasteiger partial charge in [-0.25, -0.2) is 0 Å². The summed E-state index contributed by atoms with van der Waals surface area (Å²) in [6.07, 6.45) is 1.19. The van der Waals surface area contributed by atoms with Crippen LogP contribution in [0.2, 0.25) is 0 Å². The van der Waals surface area contributed by atoms with Crippen molar-refractivity contribution in [2.24, 2.45) is 5.92 Å². The molecule has 3 rings (SSSR count). The largest absolute Gasteiger partial charge is 0.548 e. The Balaban J connectivity index is 1.81. The van der Waals surface area contributed by atoms with Crippen molar-refractivity contribution < 1.29 is 29.0 Å². The first-order valence-electron chi connectivity index (χ1n) is 9.88. The predicted molar refractivity (Wildman–Crippen MR) is 102 cm³/mol. The highest BCUT2D eigenvalue weighted by molar-refractivity contribution is 5.97. The fourth-order valence-electron chi connectivity index (χ4n) is 4.00. The van der Waals surface area contributed by atoms with Crippen LogP contribution >= 0.6 is 0 Å². The van der Waals surface area contributed by atoms with E-state index in [1.54, 1.807) is 29.2 Å². The van der Waals surface area contributed by atoms with Crippen LogP contribution < -0.4 is 9.84 Å². The van der Waals surface area contributed by atoms with E-state index < -0.39 is 23.6 Å². The number of nitrogens with zero attached hydrogens (tertiary/aromatic N) is 2. The van der Waals surface area contributed by atoms with E-state index in [0.29, 0.717) is 43.7 Å². The molecule has 0 aromatic heterocycles. The van der Waals surface area contributed by atoms with E-state index >= 15 is 0 Å². The quantitative estimate of drug-likeness (QED) is 0.716. The van der Waals surface area contributed by atoms with Crippen molar-refractivity contribution in [1.82, 2.24) is 9.80 Å². The van der Waals surface area contributed by atoms with Crippen LogP contribution in [-0.2, 0) is 14.3 Å². The number of methoxy groups -OCH3 is 1. The molecule has 0 N–H and O–H groups in total. The number of ether oxygens (including phenoxy) is 2. The molecule has 1 aromatic carbocycles. The topological polar surface area (TPSA) is 99.2 Å². The molecule has 1 atom stereocenters. The molecular formula is C21H27N2O6-. The van der Waals surface area contributed by atoms with E-state index in [2.05, 4.69) is 0 Å². The van der Waals surface area contributed by atoms with Crippen molar-refractivity contribution in [2.75, 3.05) is 26.8 Å². The van der Waals surface area contributed by atoms with E-state index in [-0.39, 0.29) is 18.4 Å². The minimum absolute atomic E-state index is 0.0670. The number of carboxylic acid groups (broad SMARTS) is 1. The fraction of sp³-hybridized carbons (Fsp3) is 0.571. The Bertz CT molecular complexity index is 768. The molecular weight excluding hydrogens is 376 g/mol. The maximum Gasteiger partial charge on any atom is 0.256 e. The number of hydrogen-bond acceptors (Lipinski definition) is 6. The third-order valence-electron chi connectivity index (χ3n) is 5.57. The van der Waals surface area contributed by atoms with Gasteiger partial charge < -0.3 is 24.3 Å². The van der Waals surface area contributed by atoms with Crippen LogP contribution in [0.25, 0.3) is 0 Å². The van der Waals surface area contributed by atoms with Gasteiger partial charge in [0.2, 0.25) is 5.91 Å². The highest BCUT2D eigenvalue weighted by atomic mass is 16.5. The van der Waals surface area contributed by atoms with E-state index in [1.165, 1.54) is 12.0 Å². The van der Waals surface area contributed by atoms with Gasteiger partial charge in [-0.2, -0.15) is 0 Å². The molecule has 2 aliphatic rings. The molecule has 2 heterocycles. The molecule has 2 amide bonds. The van der Waals surface area contributed by atoms with Crippen molar-refractivity contribution in [3.8, 4) is 5.75 Å². The van der Waals surface area contributed by atoms with Gasteiger partial charge in [0.05, 0.1) is 25.7 Å². The Hall–Kier alpha value is -2.61. The molecule has 2 aliphatic heterocycles. The van der Waals surface area contributed by atoms with Gasteiger partial charge in [-0.15, -0.1) is 0 Å². The van der Waals surface area contributed by atoms with Gasteiger partial charge in [-0.3, -0.25) is 14.5 Å². The second kappa shape index (κ2) is 8.41. The third-order valence-corrected chi connectivity index (χ3v) is 5.57. The second-order valence-corrected chi connectivity index (χ2v) is 7.97. The van der Waals surface area contributed by atoms with E-state index in [4.69, 9.17) is 9.47 Å². The minimum atomic E-state index is -1.35. The number of likely N-dealkylation sites (tertiary alicyclic amines) is 1. The van der Waals surface area contributed by atoms with Gasteiger partial charge in [0.1, 0.15) is 11.5 Å². The van der Waals surface area contributed by atoms with Gasteiger partial charge in [-0.1, -0.05) is 13.8 Å². The van der Waals surface area contributed by atoms with E-state index in [9.17, 15) is 19.5 Å². The lowest BCUT2D eigenvalue weighted by Gasteiger charge is -2.45. The van der Waals surface area contributed by atoms with E-state index in [0.717, 1.165) is 0 Å². The Morgan fingerprint density at radius 2 is 1.83 bits per heavy atom. The molecule has 0 unspecified atom stereocenters. The van der Waals surface area contributed by atoms with Crippen molar-refractivity contribution >= 4 is 17.8 Å². The van der Waals surface area contributed by atoms with Crippen molar-refractivity contribution in [3.63, 3.8) is 0 Å². The summed E-state index contributed by atoms with van der Waals surface area (Å²) in [5, 5.41) is 11.7. The molecule has 8 nitrogen and oxygen atoms in total. The van der Waals surface area contributed by atoms with Gasteiger partial charge in [0, 0.05) is 37.9 Å². The first-order valence-corrected chi connectivity index (χ1v) is 9.88. The lowest BCUT2D eigenvalue weighted by molar-refractivity contribution is -0.310. The van der Waals surface area contributed by atoms with Crippen molar-refractivity contribution in [2.45, 2.75) is 44.9 Å². The summed E-state index contributed by atoms with van der Waals surface area (Å²) in [5.41, 5.74) is -0.698. The summed E-state index contributed by atoms with van der Waals surface area (Å²) in [6.45, 7) is 4.69. The number of carbonyl (C=O) groups excluding carboxylic acids is 3. The number of rotatable bonds is 5. The Morgan fingerprint density at radius 3 is 2.34 bits per heavy atom. The highest BCUT2D eigenvalue weighted by Crippen LogP contribution is 2.38. The van der Waals surface area contributed by atoms with Gasteiger partial charge in [-0.05, 0) is 30.2 Å². The van der Waals surface area contributed by atoms with Crippen LogP contribution in [0.1, 0.15) is 43.5 Å². The van der Waals surface area contributed by atoms with Gasteiger partial charge in [0.25, 0.3) is 5.91 Å². The average molecular weight is 403 g/mol. The molecule has 29 heavy (non-hydrogen) atoms. The molecule has 0 radical (unpaired) electrons. The molecule has 1 aromatic rings. The van der Waals surface area contributed by atoms with Crippen LogP contribution in [0.3, 0.4) is 0 Å². The summed E-state index contributed by atoms with van der Waals surface area (Å²) in [7, 11) is 1.53. The third kappa shape index (κ3) is 4.22. The number of benzene rings is 1. The number of carbonyl (C=O) groups is 3. The number of carboxylic acids is 1. The summed E-state index contributed by atoms with van der Waals surface area (Å²) >= 11 is 0. The summed E-state index contributed by atoms with van der Waals surface area (Å²) in [5.74, 6) is -0.847. The van der Waals surface area contributed by atoms with Gasteiger partial charge in [0.15, 0.2) is 0 Å². The highest BCUT2D eigenvalue weighted by Gasteiger charge is 2.52. The van der Waals surface area contributed by atoms with Crippen LogP contribution in [-0.4, -0.2) is 66.2 Å². The molecule has 1 spiro atoms. The number of amides is 2. The second-order valence-electron chi connectivity index (χ2n) is 7.97. The zero-order valence-corrected chi connectivity index (χ0v) is 17.1. The Kier molecular flexibility index (Phi) is 6.12. The molecule has 2 saturated heterocycles. The smallest absolute Gasteiger partial charge is 0.256 e. The molecule has 158 valence electrons. The SMILES string of the molecule is COc1ccc(C(=O)N2[C@@H](C(=O)[O-])COC23CCN(C(=O)CC(C)C)CC3)cc1. The maximum absolute atomic E-state index is 13.2. The Labute approximate surface area is 170 Å². The van der Waals surface area contributed by atoms with Crippen LogP contribution in [0, 0.1) is 5.92 Å².